The summed E-state index contributed by atoms with van der Waals surface area (Å²) in [7, 11) is 0. The molecule has 2 aromatic heterocycles. The van der Waals surface area contributed by atoms with Crippen LogP contribution in [0.5, 0.6) is 0 Å². The average Bonchev–Trinajstić information content (AvgIpc) is 2.86. The van der Waals surface area contributed by atoms with Crippen LogP contribution in [0.2, 0.25) is 0 Å². The summed E-state index contributed by atoms with van der Waals surface area (Å²) in [6, 6.07) is 0. The summed E-state index contributed by atoms with van der Waals surface area (Å²) >= 11 is 0. The Morgan fingerprint density at radius 2 is 2.53 bits per heavy atom. The number of nitrogens with one attached hydrogen (secondary N) is 1. The molecular formula is C10H12N4O. The Balaban J connectivity index is 1.84. The minimum Gasteiger partial charge on any atom is -0.378 e. The third kappa shape index (κ3) is 1.70. The van der Waals surface area contributed by atoms with E-state index in [4.69, 9.17) is 4.74 Å². The average molecular weight is 204 g/mol. The SMILES string of the molecule is c1ncc2[nH]c(CC3CCCO3)nc2n1. The smallest absolute Gasteiger partial charge is 0.180 e. The fourth-order valence-corrected chi connectivity index (χ4v) is 1.93. The quantitative estimate of drug-likeness (QED) is 0.794. The Labute approximate surface area is 86.9 Å². The maximum absolute atomic E-state index is 5.56. The topological polar surface area (TPSA) is 63.7 Å². The largest absolute Gasteiger partial charge is 0.378 e. The van der Waals surface area contributed by atoms with Crippen LogP contribution in [-0.2, 0) is 11.2 Å². The first-order chi connectivity index (χ1) is 7.42. The van der Waals surface area contributed by atoms with Gasteiger partial charge in [0.1, 0.15) is 17.7 Å². The lowest BCUT2D eigenvalue weighted by atomic mass is 10.2. The van der Waals surface area contributed by atoms with Crippen molar-refractivity contribution in [2.45, 2.75) is 25.4 Å². The minimum absolute atomic E-state index is 0.318. The van der Waals surface area contributed by atoms with E-state index in [9.17, 15) is 0 Å². The number of aromatic amines is 1. The van der Waals surface area contributed by atoms with Crippen molar-refractivity contribution < 1.29 is 4.74 Å². The number of imidazole rings is 1. The molecule has 3 rings (SSSR count). The molecule has 78 valence electrons. The van der Waals surface area contributed by atoms with Gasteiger partial charge in [0.2, 0.25) is 0 Å². The molecule has 1 fully saturated rings. The summed E-state index contributed by atoms with van der Waals surface area (Å²) in [4.78, 5) is 15.6. The molecule has 0 aromatic carbocycles. The van der Waals surface area contributed by atoms with Crippen molar-refractivity contribution in [3.63, 3.8) is 0 Å². The van der Waals surface area contributed by atoms with E-state index in [0.29, 0.717) is 6.10 Å². The summed E-state index contributed by atoms with van der Waals surface area (Å²) < 4.78 is 5.56. The molecule has 0 amide bonds. The maximum atomic E-state index is 5.56. The number of rotatable bonds is 2. The molecule has 15 heavy (non-hydrogen) atoms. The summed E-state index contributed by atoms with van der Waals surface area (Å²) in [6.07, 6.45) is 6.70. The molecule has 0 saturated carbocycles. The highest BCUT2D eigenvalue weighted by atomic mass is 16.5. The number of fused-ring (bicyclic) bond motifs is 1. The minimum atomic E-state index is 0.318. The Kier molecular flexibility index (Phi) is 2.10. The summed E-state index contributed by atoms with van der Waals surface area (Å²) in [5.74, 6) is 0.942. The van der Waals surface area contributed by atoms with Crippen molar-refractivity contribution in [3.8, 4) is 0 Å². The number of nitrogens with zero attached hydrogens (tertiary/aromatic N) is 3. The van der Waals surface area contributed by atoms with Gasteiger partial charge in [-0.2, -0.15) is 0 Å². The highest BCUT2D eigenvalue weighted by Gasteiger charge is 2.17. The number of ether oxygens (including phenoxy) is 1. The Hall–Kier alpha value is -1.49. The van der Waals surface area contributed by atoms with E-state index in [1.807, 2.05) is 0 Å². The van der Waals surface area contributed by atoms with Crippen molar-refractivity contribution in [2.75, 3.05) is 6.61 Å². The van der Waals surface area contributed by atoms with Gasteiger partial charge in [-0.15, -0.1) is 0 Å². The molecule has 1 atom stereocenters. The lowest BCUT2D eigenvalue weighted by molar-refractivity contribution is 0.110. The lowest BCUT2D eigenvalue weighted by Gasteiger charge is -2.05. The van der Waals surface area contributed by atoms with E-state index in [0.717, 1.165) is 42.9 Å². The molecule has 0 radical (unpaired) electrons. The van der Waals surface area contributed by atoms with E-state index in [2.05, 4.69) is 19.9 Å². The fraction of sp³-hybridized carbons (Fsp3) is 0.500. The van der Waals surface area contributed by atoms with Gasteiger partial charge in [0.05, 0.1) is 12.3 Å². The molecule has 1 unspecified atom stereocenters. The van der Waals surface area contributed by atoms with Crippen molar-refractivity contribution in [1.82, 2.24) is 19.9 Å². The number of hydrogen-bond acceptors (Lipinski definition) is 4. The van der Waals surface area contributed by atoms with Crippen LogP contribution in [0.15, 0.2) is 12.5 Å². The molecule has 5 heteroatoms. The number of hydrogen-bond donors (Lipinski definition) is 1. The molecule has 0 aliphatic carbocycles. The molecule has 2 aromatic rings. The highest BCUT2D eigenvalue weighted by Crippen LogP contribution is 2.16. The zero-order chi connectivity index (χ0) is 10.1. The zero-order valence-electron chi connectivity index (χ0n) is 8.31. The summed E-state index contributed by atoms with van der Waals surface area (Å²) in [5.41, 5.74) is 1.63. The Bertz CT molecular complexity index is 428. The van der Waals surface area contributed by atoms with E-state index >= 15 is 0 Å². The first-order valence-corrected chi connectivity index (χ1v) is 5.18. The van der Waals surface area contributed by atoms with Gasteiger partial charge < -0.3 is 9.72 Å². The van der Waals surface area contributed by atoms with Gasteiger partial charge in [0.15, 0.2) is 5.65 Å². The van der Waals surface area contributed by atoms with Crippen LogP contribution in [0.3, 0.4) is 0 Å². The lowest BCUT2D eigenvalue weighted by Crippen LogP contribution is -2.09. The van der Waals surface area contributed by atoms with Gasteiger partial charge >= 0.3 is 0 Å². The van der Waals surface area contributed by atoms with Crippen LogP contribution >= 0.6 is 0 Å². The van der Waals surface area contributed by atoms with Gasteiger partial charge in [-0.1, -0.05) is 0 Å². The van der Waals surface area contributed by atoms with Crippen LogP contribution in [-0.4, -0.2) is 32.6 Å². The number of H-pyrrole nitrogens is 1. The third-order valence-electron chi connectivity index (χ3n) is 2.66. The van der Waals surface area contributed by atoms with Crippen LogP contribution in [0.25, 0.3) is 11.2 Å². The van der Waals surface area contributed by atoms with Crippen molar-refractivity contribution in [2.24, 2.45) is 0 Å². The monoisotopic (exact) mass is 204 g/mol. The second-order valence-electron chi connectivity index (χ2n) is 3.78. The van der Waals surface area contributed by atoms with Crippen LogP contribution in [0, 0.1) is 0 Å². The van der Waals surface area contributed by atoms with E-state index in [-0.39, 0.29) is 0 Å². The highest BCUT2D eigenvalue weighted by molar-refractivity contribution is 5.68. The Morgan fingerprint density at radius 3 is 3.33 bits per heavy atom. The second kappa shape index (κ2) is 3.58. The maximum Gasteiger partial charge on any atom is 0.180 e. The van der Waals surface area contributed by atoms with E-state index in [1.54, 1.807) is 6.20 Å². The van der Waals surface area contributed by atoms with E-state index in [1.165, 1.54) is 6.33 Å². The van der Waals surface area contributed by atoms with Crippen molar-refractivity contribution in [3.05, 3.63) is 18.3 Å². The third-order valence-corrected chi connectivity index (χ3v) is 2.66. The van der Waals surface area contributed by atoms with Crippen LogP contribution < -0.4 is 0 Å². The van der Waals surface area contributed by atoms with Crippen LogP contribution in [0.1, 0.15) is 18.7 Å². The molecule has 5 nitrogen and oxygen atoms in total. The summed E-state index contributed by atoms with van der Waals surface area (Å²) in [6.45, 7) is 0.880. The molecule has 3 heterocycles. The first kappa shape index (κ1) is 8.79. The summed E-state index contributed by atoms with van der Waals surface area (Å²) in [5, 5.41) is 0. The van der Waals surface area contributed by atoms with Gasteiger partial charge in [-0.3, -0.25) is 0 Å². The molecule has 1 N–H and O–H groups in total. The van der Waals surface area contributed by atoms with Crippen molar-refractivity contribution in [1.29, 1.82) is 0 Å². The van der Waals surface area contributed by atoms with E-state index < -0.39 is 0 Å². The predicted octanol–water partition coefficient (Wildman–Crippen LogP) is 1.07. The van der Waals surface area contributed by atoms with Crippen molar-refractivity contribution >= 4 is 11.2 Å². The van der Waals surface area contributed by atoms with Gasteiger partial charge in [-0.05, 0) is 12.8 Å². The molecular weight excluding hydrogens is 192 g/mol. The van der Waals surface area contributed by atoms with Gasteiger partial charge in [-0.25, -0.2) is 15.0 Å². The number of aromatic nitrogens is 4. The molecule has 1 aliphatic rings. The first-order valence-electron chi connectivity index (χ1n) is 5.18. The van der Waals surface area contributed by atoms with Crippen LogP contribution in [0.4, 0.5) is 0 Å². The normalized spacial score (nSPS) is 21.2. The van der Waals surface area contributed by atoms with Gasteiger partial charge in [0.25, 0.3) is 0 Å². The Morgan fingerprint density at radius 1 is 1.53 bits per heavy atom. The predicted molar refractivity (Wildman–Crippen MR) is 54.4 cm³/mol. The fourth-order valence-electron chi connectivity index (χ4n) is 1.93. The zero-order valence-corrected chi connectivity index (χ0v) is 8.31. The standard InChI is InChI=1S/C10H12N4O/c1-2-7(15-3-1)4-9-13-8-5-11-6-12-10(8)14-9/h5-7H,1-4H2,(H,11,12,13,14). The molecule has 1 aliphatic heterocycles. The van der Waals surface area contributed by atoms with Gasteiger partial charge in [0, 0.05) is 13.0 Å². The molecule has 1 saturated heterocycles. The molecule has 0 bridgehead atoms. The second-order valence-corrected chi connectivity index (χ2v) is 3.78. The molecule has 0 spiro atoms.